The van der Waals surface area contributed by atoms with Gasteiger partial charge in [-0.05, 0) is 43.7 Å². The van der Waals surface area contributed by atoms with Crippen molar-refractivity contribution in [3.8, 4) is 11.4 Å². The summed E-state index contributed by atoms with van der Waals surface area (Å²) in [6.45, 7) is 4.32. The van der Waals surface area contributed by atoms with E-state index in [1.165, 1.54) is 25.7 Å². The van der Waals surface area contributed by atoms with Crippen LogP contribution in [-0.4, -0.2) is 40.2 Å². The molecule has 2 aromatic rings. The molecule has 0 bridgehead atoms. The van der Waals surface area contributed by atoms with E-state index in [0.29, 0.717) is 5.82 Å². The van der Waals surface area contributed by atoms with E-state index < -0.39 is 0 Å². The molecule has 1 aliphatic heterocycles. The van der Waals surface area contributed by atoms with Crippen LogP contribution >= 0.6 is 0 Å². The summed E-state index contributed by atoms with van der Waals surface area (Å²) in [5.74, 6) is 1.89. The second-order valence-corrected chi connectivity index (χ2v) is 8.16. The first kappa shape index (κ1) is 18.9. The highest BCUT2D eigenvalue weighted by molar-refractivity contribution is 5.90. The number of amides is 1. The minimum Gasteiger partial charge on any atom is -0.357 e. The van der Waals surface area contributed by atoms with E-state index in [-0.39, 0.29) is 17.8 Å². The normalized spacial score (nSPS) is 19.4. The van der Waals surface area contributed by atoms with Crippen molar-refractivity contribution >= 4 is 11.7 Å². The molecule has 7 heteroatoms. The lowest BCUT2D eigenvalue weighted by Crippen LogP contribution is -2.34. The van der Waals surface area contributed by atoms with Gasteiger partial charge in [0.05, 0.1) is 0 Å². The molecule has 0 radical (unpaired) electrons. The van der Waals surface area contributed by atoms with Crippen LogP contribution in [0.25, 0.3) is 11.4 Å². The summed E-state index contributed by atoms with van der Waals surface area (Å²) in [7, 11) is 0. The minimum atomic E-state index is -0.273. The predicted octanol–water partition coefficient (Wildman–Crippen LogP) is 3.82. The van der Waals surface area contributed by atoms with E-state index in [0.717, 1.165) is 56.1 Å². The van der Waals surface area contributed by atoms with Crippen molar-refractivity contribution in [3.05, 3.63) is 24.2 Å². The second kappa shape index (κ2) is 8.71. The van der Waals surface area contributed by atoms with E-state index in [2.05, 4.69) is 32.3 Å². The number of rotatable bonds is 4. The van der Waals surface area contributed by atoms with Gasteiger partial charge in [-0.1, -0.05) is 37.8 Å². The summed E-state index contributed by atoms with van der Waals surface area (Å²) in [6.07, 6.45) is 11.0. The summed E-state index contributed by atoms with van der Waals surface area (Å²) in [5, 5.41) is 7.08. The van der Waals surface area contributed by atoms with Gasteiger partial charge in [-0.2, -0.15) is 4.98 Å². The molecule has 2 aromatic heterocycles. The van der Waals surface area contributed by atoms with Crippen molar-refractivity contribution in [2.24, 2.45) is 5.92 Å². The summed E-state index contributed by atoms with van der Waals surface area (Å²) < 4.78 is 5.25. The molecule has 1 amide bonds. The molecule has 4 rings (SSSR count). The Kier molecular flexibility index (Phi) is 5.88. The molecule has 0 spiro atoms. The molecule has 1 saturated heterocycles. The largest absolute Gasteiger partial charge is 0.357 e. The van der Waals surface area contributed by atoms with Crippen molar-refractivity contribution < 1.29 is 9.32 Å². The first-order valence-corrected chi connectivity index (χ1v) is 10.5. The maximum atomic E-state index is 12.5. The monoisotopic (exact) mass is 383 g/mol. The Morgan fingerprint density at radius 2 is 1.89 bits per heavy atom. The highest BCUT2D eigenvalue weighted by Crippen LogP contribution is 2.25. The Bertz CT molecular complexity index is 790. The number of aromatic nitrogens is 3. The molecule has 0 atom stereocenters. The zero-order valence-electron chi connectivity index (χ0n) is 16.6. The quantitative estimate of drug-likeness (QED) is 0.808. The van der Waals surface area contributed by atoms with Crippen LogP contribution in [0.5, 0.6) is 0 Å². The van der Waals surface area contributed by atoms with Gasteiger partial charge in [0.25, 0.3) is 0 Å². The van der Waals surface area contributed by atoms with Crippen LogP contribution < -0.4 is 10.2 Å². The minimum absolute atomic E-state index is 0.0319. The molecule has 150 valence electrons. The Balaban J connectivity index is 1.43. The fourth-order valence-electron chi connectivity index (χ4n) is 4.07. The summed E-state index contributed by atoms with van der Waals surface area (Å²) in [6, 6.07) is 4.04. The number of nitrogens with zero attached hydrogens (tertiary/aromatic N) is 4. The summed E-state index contributed by atoms with van der Waals surface area (Å²) >= 11 is 0. The third-order valence-corrected chi connectivity index (χ3v) is 5.92. The van der Waals surface area contributed by atoms with Crippen LogP contribution in [0.2, 0.25) is 0 Å². The van der Waals surface area contributed by atoms with Crippen LogP contribution in [0, 0.1) is 5.92 Å². The zero-order valence-corrected chi connectivity index (χ0v) is 16.6. The number of pyridine rings is 1. The second-order valence-electron chi connectivity index (χ2n) is 8.16. The molecule has 3 heterocycles. The van der Waals surface area contributed by atoms with Crippen molar-refractivity contribution in [1.82, 2.24) is 20.4 Å². The lowest BCUT2D eigenvalue weighted by Gasteiger charge is -2.31. The number of carbonyl (C=O) groups excluding carboxylic acids is 1. The van der Waals surface area contributed by atoms with Crippen LogP contribution in [0.1, 0.15) is 69.0 Å². The number of hydrogen-bond acceptors (Lipinski definition) is 6. The average molecular weight is 383 g/mol. The highest BCUT2D eigenvalue weighted by atomic mass is 16.5. The third kappa shape index (κ3) is 4.51. The maximum Gasteiger partial charge on any atom is 0.316 e. The summed E-state index contributed by atoms with van der Waals surface area (Å²) in [4.78, 5) is 23.6. The SMILES string of the molecule is CC1CCN(c2cc(-c3noc(C(=O)NC4CCCCCC4)n3)ccn2)CC1. The molecule has 2 aliphatic rings. The van der Waals surface area contributed by atoms with Crippen molar-refractivity contribution in [3.63, 3.8) is 0 Å². The third-order valence-electron chi connectivity index (χ3n) is 5.92. The lowest BCUT2D eigenvalue weighted by molar-refractivity contribution is 0.0889. The van der Waals surface area contributed by atoms with Crippen LogP contribution in [0.4, 0.5) is 5.82 Å². The van der Waals surface area contributed by atoms with Gasteiger partial charge in [0.2, 0.25) is 5.82 Å². The number of nitrogens with one attached hydrogen (secondary N) is 1. The first-order chi connectivity index (χ1) is 13.7. The van der Waals surface area contributed by atoms with Gasteiger partial charge < -0.3 is 14.7 Å². The van der Waals surface area contributed by atoms with Crippen LogP contribution in [-0.2, 0) is 0 Å². The van der Waals surface area contributed by atoms with Crippen molar-refractivity contribution in [2.75, 3.05) is 18.0 Å². The van der Waals surface area contributed by atoms with Gasteiger partial charge in [-0.15, -0.1) is 0 Å². The fraction of sp³-hybridized carbons (Fsp3) is 0.619. The van der Waals surface area contributed by atoms with Crippen molar-refractivity contribution in [1.29, 1.82) is 0 Å². The van der Waals surface area contributed by atoms with Crippen LogP contribution in [0.15, 0.2) is 22.9 Å². The van der Waals surface area contributed by atoms with Gasteiger partial charge >= 0.3 is 11.8 Å². The Hall–Kier alpha value is -2.44. The van der Waals surface area contributed by atoms with Gasteiger partial charge in [0, 0.05) is 30.9 Å². The van der Waals surface area contributed by atoms with Crippen molar-refractivity contribution in [2.45, 2.75) is 64.3 Å². The Labute approximate surface area is 165 Å². The molecule has 0 unspecified atom stereocenters. The molecule has 1 aliphatic carbocycles. The fourth-order valence-corrected chi connectivity index (χ4v) is 4.07. The lowest BCUT2D eigenvalue weighted by atomic mass is 9.99. The molecule has 0 aromatic carbocycles. The Morgan fingerprint density at radius 3 is 2.64 bits per heavy atom. The number of carbonyl (C=O) groups is 1. The molecule has 2 fully saturated rings. The maximum absolute atomic E-state index is 12.5. The molecular formula is C21H29N5O2. The van der Waals surface area contributed by atoms with Gasteiger partial charge in [-0.3, -0.25) is 4.79 Å². The number of anilines is 1. The first-order valence-electron chi connectivity index (χ1n) is 10.5. The average Bonchev–Trinajstić information content (AvgIpc) is 3.08. The topological polar surface area (TPSA) is 84.2 Å². The van der Waals surface area contributed by atoms with Gasteiger partial charge in [0.1, 0.15) is 5.82 Å². The molecule has 1 saturated carbocycles. The highest BCUT2D eigenvalue weighted by Gasteiger charge is 2.22. The summed E-state index contributed by atoms with van der Waals surface area (Å²) in [5.41, 5.74) is 0.820. The zero-order chi connectivity index (χ0) is 19.3. The van der Waals surface area contributed by atoms with E-state index in [1.807, 2.05) is 12.1 Å². The standard InChI is InChI=1S/C21H29N5O2/c1-15-9-12-26(13-10-15)18-14-16(8-11-22-18)19-24-21(28-25-19)20(27)23-17-6-4-2-3-5-7-17/h8,11,14-15,17H,2-7,9-10,12-13H2,1H3,(H,23,27). The smallest absolute Gasteiger partial charge is 0.316 e. The molecule has 7 nitrogen and oxygen atoms in total. The van der Waals surface area contributed by atoms with Gasteiger partial charge in [-0.25, -0.2) is 4.98 Å². The molecule has 1 N–H and O–H groups in total. The van der Waals surface area contributed by atoms with E-state index in [4.69, 9.17) is 4.52 Å². The number of hydrogen-bond donors (Lipinski definition) is 1. The Morgan fingerprint density at radius 1 is 1.14 bits per heavy atom. The number of piperidine rings is 1. The van der Waals surface area contributed by atoms with Gasteiger partial charge in [0.15, 0.2) is 0 Å². The van der Waals surface area contributed by atoms with Crippen LogP contribution in [0.3, 0.4) is 0 Å². The van der Waals surface area contributed by atoms with E-state index in [9.17, 15) is 4.79 Å². The van der Waals surface area contributed by atoms with E-state index in [1.54, 1.807) is 6.20 Å². The molecular weight excluding hydrogens is 354 g/mol. The van der Waals surface area contributed by atoms with E-state index >= 15 is 0 Å². The molecule has 28 heavy (non-hydrogen) atoms. The predicted molar refractivity (Wildman–Crippen MR) is 107 cm³/mol.